The van der Waals surface area contributed by atoms with Gasteiger partial charge in [-0.05, 0) is 19.5 Å². The average Bonchev–Trinajstić information content (AvgIpc) is 2.44. The Kier molecular flexibility index (Phi) is 4.62. The van der Waals surface area contributed by atoms with Crippen LogP contribution in [0.4, 0.5) is 0 Å². The minimum Gasteiger partial charge on any atom is -0.297 e. The van der Waals surface area contributed by atoms with Gasteiger partial charge in [-0.2, -0.15) is 5.10 Å². The molecule has 0 amide bonds. The molecule has 0 saturated heterocycles. The number of rotatable bonds is 5. The highest BCUT2D eigenvalue weighted by molar-refractivity contribution is 9.09. The molecule has 0 aromatic carbocycles. The normalized spacial score (nSPS) is 11.2. The fourth-order valence-electron chi connectivity index (χ4n) is 1.51. The number of alkyl halides is 1. The Balaban J connectivity index is 2.61. The molecule has 1 heterocycles. The molecule has 14 heavy (non-hydrogen) atoms. The molecule has 0 fully saturated rings. The SMILES string of the molecule is CCN(CCBr)Cc1cc(C)nn1C. The van der Waals surface area contributed by atoms with E-state index in [1.807, 2.05) is 18.7 Å². The average molecular weight is 260 g/mol. The molecule has 0 aliphatic carbocycles. The van der Waals surface area contributed by atoms with E-state index in [4.69, 9.17) is 0 Å². The Labute approximate surface area is 94.2 Å². The maximum Gasteiger partial charge on any atom is 0.0597 e. The first-order valence-corrected chi connectivity index (χ1v) is 6.07. The van der Waals surface area contributed by atoms with Crippen molar-refractivity contribution in [3.63, 3.8) is 0 Å². The van der Waals surface area contributed by atoms with Gasteiger partial charge in [-0.1, -0.05) is 22.9 Å². The van der Waals surface area contributed by atoms with E-state index in [-0.39, 0.29) is 0 Å². The number of aryl methyl sites for hydroxylation is 2. The van der Waals surface area contributed by atoms with Crippen LogP contribution in [0.25, 0.3) is 0 Å². The maximum atomic E-state index is 4.34. The molecule has 1 rings (SSSR count). The lowest BCUT2D eigenvalue weighted by Crippen LogP contribution is -2.25. The van der Waals surface area contributed by atoms with Crippen molar-refractivity contribution in [2.75, 3.05) is 18.4 Å². The second kappa shape index (κ2) is 5.51. The summed E-state index contributed by atoms with van der Waals surface area (Å²) in [6.07, 6.45) is 0. The topological polar surface area (TPSA) is 21.1 Å². The minimum atomic E-state index is 0.986. The molecule has 0 atom stereocenters. The summed E-state index contributed by atoms with van der Waals surface area (Å²) in [7, 11) is 2.00. The molecule has 0 aliphatic rings. The van der Waals surface area contributed by atoms with Gasteiger partial charge in [0.25, 0.3) is 0 Å². The predicted molar refractivity (Wildman–Crippen MR) is 62.7 cm³/mol. The molecular weight excluding hydrogens is 242 g/mol. The summed E-state index contributed by atoms with van der Waals surface area (Å²) < 4.78 is 1.96. The first-order valence-electron chi connectivity index (χ1n) is 4.95. The zero-order chi connectivity index (χ0) is 10.6. The molecule has 1 aromatic heterocycles. The highest BCUT2D eigenvalue weighted by Gasteiger charge is 2.06. The highest BCUT2D eigenvalue weighted by atomic mass is 79.9. The second-order valence-electron chi connectivity index (χ2n) is 3.46. The van der Waals surface area contributed by atoms with Gasteiger partial charge < -0.3 is 0 Å². The minimum absolute atomic E-state index is 0.986. The van der Waals surface area contributed by atoms with Crippen molar-refractivity contribution in [2.24, 2.45) is 7.05 Å². The Hall–Kier alpha value is -0.350. The van der Waals surface area contributed by atoms with Crippen LogP contribution in [0.15, 0.2) is 6.07 Å². The largest absolute Gasteiger partial charge is 0.297 e. The standard InChI is InChI=1S/C10H18BrN3/c1-4-14(6-5-11)8-10-7-9(2)12-13(10)3/h7H,4-6,8H2,1-3H3. The molecule has 0 radical (unpaired) electrons. The van der Waals surface area contributed by atoms with Crippen LogP contribution in [-0.4, -0.2) is 33.1 Å². The van der Waals surface area contributed by atoms with Crippen LogP contribution in [0.2, 0.25) is 0 Å². The molecule has 1 aromatic rings. The van der Waals surface area contributed by atoms with Gasteiger partial charge >= 0.3 is 0 Å². The van der Waals surface area contributed by atoms with Crippen molar-refractivity contribution in [1.29, 1.82) is 0 Å². The van der Waals surface area contributed by atoms with Crippen LogP contribution in [0.3, 0.4) is 0 Å². The van der Waals surface area contributed by atoms with Crippen LogP contribution in [-0.2, 0) is 13.6 Å². The lowest BCUT2D eigenvalue weighted by molar-refractivity contribution is 0.290. The fourth-order valence-corrected chi connectivity index (χ4v) is 2.01. The predicted octanol–water partition coefficient (Wildman–Crippen LogP) is 1.95. The monoisotopic (exact) mass is 259 g/mol. The van der Waals surface area contributed by atoms with Gasteiger partial charge in [-0.15, -0.1) is 0 Å². The summed E-state index contributed by atoms with van der Waals surface area (Å²) in [5.41, 5.74) is 2.38. The molecule has 80 valence electrons. The van der Waals surface area contributed by atoms with E-state index in [1.165, 1.54) is 5.69 Å². The van der Waals surface area contributed by atoms with E-state index in [0.29, 0.717) is 0 Å². The Morgan fingerprint density at radius 1 is 1.57 bits per heavy atom. The van der Waals surface area contributed by atoms with Crippen molar-refractivity contribution in [1.82, 2.24) is 14.7 Å². The highest BCUT2D eigenvalue weighted by Crippen LogP contribution is 2.06. The van der Waals surface area contributed by atoms with Gasteiger partial charge in [0.1, 0.15) is 0 Å². The molecular formula is C10H18BrN3. The van der Waals surface area contributed by atoms with Crippen LogP contribution < -0.4 is 0 Å². The molecule has 0 N–H and O–H groups in total. The Morgan fingerprint density at radius 3 is 2.71 bits per heavy atom. The van der Waals surface area contributed by atoms with Gasteiger partial charge in [0.05, 0.1) is 11.4 Å². The van der Waals surface area contributed by atoms with E-state index in [0.717, 1.165) is 30.7 Å². The van der Waals surface area contributed by atoms with Gasteiger partial charge in [-0.3, -0.25) is 9.58 Å². The number of hydrogen-bond acceptors (Lipinski definition) is 2. The quantitative estimate of drug-likeness (QED) is 0.754. The summed E-state index contributed by atoms with van der Waals surface area (Å²) in [6.45, 7) is 7.37. The van der Waals surface area contributed by atoms with Crippen molar-refractivity contribution < 1.29 is 0 Å². The van der Waals surface area contributed by atoms with Gasteiger partial charge in [0, 0.05) is 25.5 Å². The van der Waals surface area contributed by atoms with Crippen molar-refractivity contribution in [3.05, 3.63) is 17.5 Å². The molecule has 0 bridgehead atoms. The molecule has 3 nitrogen and oxygen atoms in total. The van der Waals surface area contributed by atoms with Crippen molar-refractivity contribution >= 4 is 15.9 Å². The summed E-state index contributed by atoms with van der Waals surface area (Å²) >= 11 is 3.46. The maximum absolute atomic E-state index is 4.34. The lowest BCUT2D eigenvalue weighted by Gasteiger charge is -2.18. The summed E-state index contributed by atoms with van der Waals surface area (Å²) in [4.78, 5) is 2.39. The van der Waals surface area contributed by atoms with E-state index in [9.17, 15) is 0 Å². The van der Waals surface area contributed by atoms with Gasteiger partial charge in [0.15, 0.2) is 0 Å². The summed E-state index contributed by atoms with van der Waals surface area (Å²) in [5.74, 6) is 0. The van der Waals surface area contributed by atoms with Crippen LogP contribution in [0.1, 0.15) is 18.3 Å². The van der Waals surface area contributed by atoms with E-state index >= 15 is 0 Å². The first-order chi connectivity index (χ1) is 6.67. The fraction of sp³-hybridized carbons (Fsp3) is 0.700. The van der Waals surface area contributed by atoms with Crippen LogP contribution in [0.5, 0.6) is 0 Å². The first kappa shape index (κ1) is 11.7. The van der Waals surface area contributed by atoms with E-state index < -0.39 is 0 Å². The van der Waals surface area contributed by atoms with Crippen LogP contribution in [0, 0.1) is 6.92 Å². The van der Waals surface area contributed by atoms with Gasteiger partial charge in [-0.25, -0.2) is 0 Å². The number of halogens is 1. The third kappa shape index (κ3) is 3.10. The zero-order valence-corrected chi connectivity index (χ0v) is 10.7. The van der Waals surface area contributed by atoms with Crippen LogP contribution >= 0.6 is 15.9 Å². The Bertz CT molecular complexity index is 283. The second-order valence-corrected chi connectivity index (χ2v) is 4.25. The van der Waals surface area contributed by atoms with Crippen molar-refractivity contribution in [2.45, 2.75) is 20.4 Å². The summed E-state index contributed by atoms with van der Waals surface area (Å²) in [5, 5.41) is 5.36. The number of aromatic nitrogens is 2. The molecule has 0 aliphatic heterocycles. The third-order valence-electron chi connectivity index (χ3n) is 2.33. The lowest BCUT2D eigenvalue weighted by atomic mass is 10.3. The Morgan fingerprint density at radius 2 is 2.29 bits per heavy atom. The molecule has 4 heteroatoms. The number of nitrogens with zero attached hydrogens (tertiary/aromatic N) is 3. The third-order valence-corrected chi connectivity index (χ3v) is 2.69. The van der Waals surface area contributed by atoms with Gasteiger partial charge in [0.2, 0.25) is 0 Å². The number of hydrogen-bond donors (Lipinski definition) is 0. The smallest absolute Gasteiger partial charge is 0.0597 e. The zero-order valence-electron chi connectivity index (χ0n) is 9.13. The molecule has 0 unspecified atom stereocenters. The summed E-state index contributed by atoms with van der Waals surface area (Å²) in [6, 6.07) is 2.15. The van der Waals surface area contributed by atoms with E-state index in [2.05, 4.69) is 38.9 Å². The molecule has 0 spiro atoms. The molecule has 0 saturated carbocycles. The van der Waals surface area contributed by atoms with Crippen molar-refractivity contribution in [3.8, 4) is 0 Å². The van der Waals surface area contributed by atoms with E-state index in [1.54, 1.807) is 0 Å².